The topological polar surface area (TPSA) is 12.0 Å². The average molecular weight is 245 g/mol. The third-order valence-electron chi connectivity index (χ3n) is 3.47. The molecular weight excluding hydrogens is 214 g/mol. The van der Waals surface area contributed by atoms with Gasteiger partial charge in [0.05, 0.1) is 0 Å². The van der Waals surface area contributed by atoms with Crippen LogP contribution in [0.1, 0.15) is 60.8 Å². The second-order valence-electron chi connectivity index (χ2n) is 5.76. The Hall–Kier alpha value is 0.310. The highest BCUT2D eigenvalue weighted by Gasteiger charge is 2.27. The van der Waals surface area contributed by atoms with E-state index in [-0.39, 0.29) is 5.54 Å². The number of rotatable bonds is 8. The van der Waals surface area contributed by atoms with Crippen molar-refractivity contribution in [3.8, 4) is 0 Å². The Morgan fingerprint density at radius 2 is 1.56 bits per heavy atom. The molecule has 98 valence electrons. The van der Waals surface area contributed by atoms with Crippen molar-refractivity contribution in [1.29, 1.82) is 0 Å². The molecular formula is C14H31NS. The number of hydrogen-bond donors (Lipinski definition) is 1. The van der Waals surface area contributed by atoms with Crippen LogP contribution in [0.2, 0.25) is 0 Å². The minimum atomic E-state index is 0.244. The number of hydrogen-bond acceptors (Lipinski definition) is 2. The van der Waals surface area contributed by atoms with Gasteiger partial charge in [0.1, 0.15) is 0 Å². The normalized spacial score (nSPS) is 13.1. The Labute approximate surface area is 107 Å². The summed E-state index contributed by atoms with van der Waals surface area (Å²) in [6.45, 7) is 14.8. The molecule has 2 heteroatoms. The highest BCUT2D eigenvalue weighted by Crippen LogP contribution is 2.31. The van der Waals surface area contributed by atoms with E-state index >= 15 is 0 Å². The molecule has 16 heavy (non-hydrogen) atoms. The first-order valence-electron chi connectivity index (χ1n) is 6.72. The molecule has 0 aliphatic carbocycles. The van der Waals surface area contributed by atoms with Gasteiger partial charge in [0.2, 0.25) is 0 Å². The van der Waals surface area contributed by atoms with Gasteiger partial charge in [-0.1, -0.05) is 20.8 Å². The third kappa shape index (κ3) is 6.80. The predicted octanol–water partition coefficient (Wildman–Crippen LogP) is 4.32. The van der Waals surface area contributed by atoms with Crippen LogP contribution in [0.15, 0.2) is 0 Å². The molecule has 0 saturated carbocycles. The molecule has 0 fully saturated rings. The van der Waals surface area contributed by atoms with Crippen molar-refractivity contribution in [1.82, 2.24) is 5.32 Å². The van der Waals surface area contributed by atoms with Gasteiger partial charge >= 0.3 is 0 Å². The Kier molecular flexibility index (Phi) is 7.75. The Morgan fingerprint density at radius 1 is 1.00 bits per heavy atom. The van der Waals surface area contributed by atoms with Crippen molar-refractivity contribution >= 4 is 11.8 Å². The zero-order valence-electron chi connectivity index (χ0n) is 12.2. The highest BCUT2D eigenvalue weighted by molar-refractivity contribution is 7.99. The minimum absolute atomic E-state index is 0.244. The molecule has 0 aromatic rings. The zero-order chi connectivity index (χ0) is 12.7. The van der Waals surface area contributed by atoms with Crippen molar-refractivity contribution in [2.75, 3.05) is 18.1 Å². The van der Waals surface area contributed by atoms with Crippen LogP contribution in [0.25, 0.3) is 0 Å². The maximum atomic E-state index is 3.68. The summed E-state index contributed by atoms with van der Waals surface area (Å²) >= 11 is 2.07. The lowest BCUT2D eigenvalue weighted by atomic mass is 9.79. The summed E-state index contributed by atoms with van der Waals surface area (Å²) < 4.78 is 0. The van der Waals surface area contributed by atoms with Crippen LogP contribution in [0.4, 0.5) is 0 Å². The largest absolute Gasteiger partial charge is 0.312 e. The van der Waals surface area contributed by atoms with Gasteiger partial charge in [0, 0.05) is 12.1 Å². The van der Waals surface area contributed by atoms with E-state index in [2.05, 4.69) is 58.6 Å². The van der Waals surface area contributed by atoms with Crippen molar-refractivity contribution < 1.29 is 0 Å². The van der Waals surface area contributed by atoms with Gasteiger partial charge in [0.25, 0.3) is 0 Å². The summed E-state index contributed by atoms with van der Waals surface area (Å²) in [6, 6.07) is 0. The van der Waals surface area contributed by atoms with E-state index in [4.69, 9.17) is 0 Å². The molecule has 0 aliphatic heterocycles. The van der Waals surface area contributed by atoms with Gasteiger partial charge in [0.15, 0.2) is 0 Å². The lowest BCUT2D eigenvalue weighted by molar-refractivity contribution is 0.215. The summed E-state index contributed by atoms with van der Waals surface area (Å²) in [7, 11) is 0. The quantitative estimate of drug-likeness (QED) is 0.639. The van der Waals surface area contributed by atoms with Crippen LogP contribution in [-0.2, 0) is 0 Å². The van der Waals surface area contributed by atoms with Crippen LogP contribution in [0.3, 0.4) is 0 Å². The fraction of sp³-hybridized carbons (Fsp3) is 1.00. The molecule has 1 nitrogen and oxygen atoms in total. The van der Waals surface area contributed by atoms with Gasteiger partial charge in [-0.05, 0) is 57.0 Å². The van der Waals surface area contributed by atoms with Crippen LogP contribution < -0.4 is 5.32 Å². The first-order chi connectivity index (χ1) is 7.39. The molecule has 0 radical (unpaired) electrons. The van der Waals surface area contributed by atoms with Gasteiger partial charge in [-0.2, -0.15) is 11.8 Å². The summed E-state index contributed by atoms with van der Waals surface area (Å²) in [4.78, 5) is 0. The third-order valence-corrected chi connectivity index (χ3v) is 4.38. The van der Waals surface area contributed by atoms with Crippen LogP contribution in [0, 0.1) is 5.41 Å². The van der Waals surface area contributed by atoms with Gasteiger partial charge in [-0.3, -0.25) is 0 Å². The number of thioether (sulfide) groups is 1. The average Bonchev–Trinajstić information content (AvgIpc) is 2.23. The molecule has 0 aromatic carbocycles. The zero-order valence-corrected chi connectivity index (χ0v) is 13.0. The molecule has 0 spiro atoms. The summed E-state index contributed by atoms with van der Waals surface area (Å²) in [5, 5.41) is 3.68. The molecule has 0 saturated heterocycles. The van der Waals surface area contributed by atoms with Crippen LogP contribution in [0.5, 0.6) is 0 Å². The Bertz CT molecular complexity index is 168. The molecule has 0 unspecified atom stereocenters. The molecule has 0 heterocycles. The first-order valence-corrected chi connectivity index (χ1v) is 7.87. The first kappa shape index (κ1) is 16.3. The molecule has 1 N–H and O–H groups in total. The van der Waals surface area contributed by atoms with Gasteiger partial charge in [-0.25, -0.2) is 0 Å². The Balaban J connectivity index is 4.20. The molecule has 0 aliphatic rings. The lowest BCUT2D eigenvalue weighted by Gasteiger charge is -2.35. The fourth-order valence-electron chi connectivity index (χ4n) is 1.83. The van der Waals surface area contributed by atoms with Crippen molar-refractivity contribution in [3.63, 3.8) is 0 Å². The van der Waals surface area contributed by atoms with E-state index in [1.54, 1.807) is 0 Å². The Morgan fingerprint density at radius 3 is 1.94 bits per heavy atom. The maximum absolute atomic E-state index is 3.68. The van der Waals surface area contributed by atoms with Crippen LogP contribution in [-0.4, -0.2) is 23.6 Å². The summed E-state index contributed by atoms with van der Waals surface area (Å²) in [5.74, 6) is 2.56. The smallest absolute Gasteiger partial charge is 0.00967 e. The summed E-state index contributed by atoms with van der Waals surface area (Å²) in [6.07, 6.45) is 3.93. The second-order valence-corrected chi connectivity index (χ2v) is 7.15. The van der Waals surface area contributed by atoms with E-state index < -0.39 is 0 Å². The van der Waals surface area contributed by atoms with Crippen molar-refractivity contribution in [3.05, 3.63) is 0 Å². The van der Waals surface area contributed by atoms with E-state index in [1.807, 2.05) is 0 Å². The highest BCUT2D eigenvalue weighted by atomic mass is 32.2. The fourth-order valence-corrected chi connectivity index (χ4v) is 2.69. The lowest BCUT2D eigenvalue weighted by Crippen LogP contribution is -2.43. The standard InChI is InChI=1S/C14H31NS/c1-7-14(8-2,10-11-16-9-3)12-15-13(4,5)6/h15H,7-12H2,1-6H3. The van der Waals surface area contributed by atoms with Crippen LogP contribution >= 0.6 is 11.8 Å². The van der Waals surface area contributed by atoms with E-state index in [0.717, 1.165) is 6.54 Å². The van der Waals surface area contributed by atoms with E-state index in [1.165, 1.54) is 30.8 Å². The van der Waals surface area contributed by atoms with E-state index in [0.29, 0.717) is 5.41 Å². The molecule has 0 aromatic heterocycles. The predicted molar refractivity (Wildman–Crippen MR) is 78.4 cm³/mol. The minimum Gasteiger partial charge on any atom is -0.312 e. The maximum Gasteiger partial charge on any atom is 0.00967 e. The molecule has 0 rings (SSSR count). The second kappa shape index (κ2) is 7.60. The van der Waals surface area contributed by atoms with Gasteiger partial charge < -0.3 is 5.32 Å². The number of nitrogens with one attached hydrogen (secondary N) is 1. The molecule has 0 bridgehead atoms. The van der Waals surface area contributed by atoms with Gasteiger partial charge in [-0.15, -0.1) is 0 Å². The van der Waals surface area contributed by atoms with Crippen molar-refractivity contribution in [2.24, 2.45) is 5.41 Å². The molecule has 0 amide bonds. The SMILES string of the molecule is CCSCCC(CC)(CC)CNC(C)(C)C. The monoisotopic (exact) mass is 245 g/mol. The van der Waals surface area contributed by atoms with Crippen molar-refractivity contribution in [2.45, 2.75) is 66.3 Å². The molecule has 0 atom stereocenters. The summed E-state index contributed by atoms with van der Waals surface area (Å²) in [5.41, 5.74) is 0.753. The van der Waals surface area contributed by atoms with E-state index in [9.17, 15) is 0 Å².